The maximum absolute atomic E-state index is 12.6. The molecule has 1 unspecified atom stereocenters. The van der Waals surface area contributed by atoms with E-state index in [0.717, 1.165) is 40.8 Å². The van der Waals surface area contributed by atoms with E-state index in [1.54, 1.807) is 12.0 Å². The number of hydrogen-bond acceptors (Lipinski definition) is 3. The normalized spacial score (nSPS) is 16.6. The summed E-state index contributed by atoms with van der Waals surface area (Å²) in [7, 11) is 3.43. The number of carbonyl (C=O) groups excluding carboxylic acids is 1. The number of benzene rings is 1. The molecule has 1 aliphatic rings. The average Bonchev–Trinajstić information content (AvgIpc) is 3.28. The Morgan fingerprint density at radius 3 is 2.90 bits per heavy atom. The van der Waals surface area contributed by atoms with Crippen LogP contribution in [0.1, 0.15) is 38.4 Å². The van der Waals surface area contributed by atoms with Crippen molar-refractivity contribution in [2.45, 2.75) is 40.0 Å². The first-order valence-corrected chi connectivity index (χ1v) is 10.2. The minimum absolute atomic E-state index is 0.0435. The third-order valence-electron chi connectivity index (χ3n) is 6.08. The van der Waals surface area contributed by atoms with Crippen molar-refractivity contribution in [3.63, 3.8) is 0 Å². The fourth-order valence-electron chi connectivity index (χ4n) is 4.30. The summed E-state index contributed by atoms with van der Waals surface area (Å²) >= 11 is 0. The van der Waals surface area contributed by atoms with Crippen molar-refractivity contribution in [2.75, 3.05) is 25.7 Å². The van der Waals surface area contributed by atoms with Crippen LogP contribution in [0, 0.1) is 11.3 Å². The smallest absolute Gasteiger partial charge is 0.231 e. The van der Waals surface area contributed by atoms with Gasteiger partial charge in [0.25, 0.3) is 0 Å². The Kier molecular flexibility index (Phi) is 4.99. The number of hydrogen-bond donors (Lipinski definition) is 2. The molecular formula is C23H30N4O2. The molecule has 0 saturated carbocycles. The summed E-state index contributed by atoms with van der Waals surface area (Å²) in [5.74, 6) is -0.137. The Bertz CT molecular complexity index is 1050. The molecule has 1 aromatic carbocycles. The van der Waals surface area contributed by atoms with Crippen LogP contribution in [-0.2, 0) is 22.4 Å². The second-order valence-electron chi connectivity index (χ2n) is 9.08. The number of H-pyrrole nitrogens is 2. The van der Waals surface area contributed by atoms with Crippen LogP contribution in [0.25, 0.3) is 22.3 Å². The van der Waals surface area contributed by atoms with E-state index in [1.807, 2.05) is 26.1 Å². The van der Waals surface area contributed by atoms with Gasteiger partial charge in [-0.05, 0) is 42.9 Å². The fourth-order valence-corrected chi connectivity index (χ4v) is 4.30. The van der Waals surface area contributed by atoms with Gasteiger partial charge in [0.05, 0.1) is 18.2 Å². The van der Waals surface area contributed by atoms with Crippen molar-refractivity contribution in [2.24, 2.45) is 11.3 Å². The summed E-state index contributed by atoms with van der Waals surface area (Å²) in [5.41, 5.74) is 6.82. The number of anilines is 1. The van der Waals surface area contributed by atoms with Crippen molar-refractivity contribution in [3.8, 4) is 11.4 Å². The maximum Gasteiger partial charge on any atom is 0.231 e. The predicted octanol–water partition coefficient (Wildman–Crippen LogP) is 4.32. The molecule has 0 aliphatic heterocycles. The lowest BCUT2D eigenvalue weighted by atomic mass is 9.76. The van der Waals surface area contributed by atoms with Gasteiger partial charge < -0.3 is 14.6 Å². The van der Waals surface area contributed by atoms with Crippen molar-refractivity contribution < 1.29 is 9.53 Å². The highest BCUT2D eigenvalue weighted by atomic mass is 16.5. The van der Waals surface area contributed by atoms with E-state index in [1.165, 1.54) is 17.7 Å². The van der Waals surface area contributed by atoms with Gasteiger partial charge in [-0.1, -0.05) is 26.8 Å². The Balaban J connectivity index is 1.63. The average molecular weight is 395 g/mol. The molecule has 0 spiro atoms. The molecule has 6 heteroatoms. The van der Waals surface area contributed by atoms with Gasteiger partial charge in [-0.2, -0.15) is 5.10 Å². The highest BCUT2D eigenvalue weighted by Crippen LogP contribution is 2.38. The monoisotopic (exact) mass is 394 g/mol. The highest BCUT2D eigenvalue weighted by Gasteiger charge is 2.29. The number of nitrogens with zero attached hydrogens (tertiary/aromatic N) is 2. The molecule has 2 heterocycles. The predicted molar refractivity (Wildman–Crippen MR) is 116 cm³/mol. The molecule has 4 rings (SSSR count). The van der Waals surface area contributed by atoms with Crippen molar-refractivity contribution in [1.29, 1.82) is 0 Å². The van der Waals surface area contributed by atoms with Crippen LogP contribution in [0.2, 0.25) is 0 Å². The molecule has 29 heavy (non-hydrogen) atoms. The van der Waals surface area contributed by atoms with Crippen LogP contribution in [0.4, 0.5) is 5.69 Å². The molecule has 0 radical (unpaired) electrons. The Labute approximate surface area is 171 Å². The third kappa shape index (κ3) is 3.69. The molecule has 1 aliphatic carbocycles. The summed E-state index contributed by atoms with van der Waals surface area (Å²) in [6, 6.07) is 8.21. The van der Waals surface area contributed by atoms with E-state index in [9.17, 15) is 4.79 Å². The number of amides is 1. The largest absolute Gasteiger partial charge is 0.384 e. The summed E-state index contributed by atoms with van der Waals surface area (Å²) in [5, 5.41) is 9.00. The standard InChI is InChI=1S/C23H30N4O2/c1-14(13-29-5)22(28)27(4)16-7-6-15-10-19(24-18(15)11-16)21-17-8-9-23(2,3)12-20(17)25-26-21/h6-7,10-11,14,24H,8-9,12-13H2,1-5H3,(H,25,26). The number of rotatable bonds is 5. The van der Waals surface area contributed by atoms with Crippen molar-refractivity contribution in [3.05, 3.63) is 35.5 Å². The number of aromatic amines is 2. The van der Waals surface area contributed by atoms with E-state index in [4.69, 9.17) is 4.74 Å². The topological polar surface area (TPSA) is 74.0 Å². The fraction of sp³-hybridized carbons (Fsp3) is 0.478. The van der Waals surface area contributed by atoms with E-state index in [2.05, 4.69) is 41.2 Å². The third-order valence-corrected chi connectivity index (χ3v) is 6.08. The molecule has 0 fully saturated rings. The maximum atomic E-state index is 12.6. The summed E-state index contributed by atoms with van der Waals surface area (Å²) < 4.78 is 5.12. The molecular weight excluding hydrogens is 364 g/mol. The molecule has 2 aromatic heterocycles. The van der Waals surface area contributed by atoms with Crippen LogP contribution in [0.5, 0.6) is 0 Å². The van der Waals surface area contributed by atoms with Gasteiger partial charge >= 0.3 is 0 Å². The number of nitrogens with one attached hydrogen (secondary N) is 2. The zero-order valence-electron chi connectivity index (χ0n) is 17.9. The van der Waals surface area contributed by atoms with Gasteiger partial charge in [0.15, 0.2) is 0 Å². The molecule has 2 N–H and O–H groups in total. The lowest BCUT2D eigenvalue weighted by molar-refractivity contribution is -0.123. The van der Waals surface area contributed by atoms with E-state index in [0.29, 0.717) is 12.0 Å². The second kappa shape index (κ2) is 7.34. The first kappa shape index (κ1) is 19.7. The number of aromatic nitrogens is 3. The molecule has 0 bridgehead atoms. The number of ether oxygens (including phenoxy) is 1. The van der Waals surface area contributed by atoms with Gasteiger partial charge in [0.2, 0.25) is 5.91 Å². The summed E-state index contributed by atoms with van der Waals surface area (Å²) in [6.07, 6.45) is 3.25. The van der Waals surface area contributed by atoms with Crippen LogP contribution >= 0.6 is 0 Å². The van der Waals surface area contributed by atoms with Crippen molar-refractivity contribution in [1.82, 2.24) is 15.2 Å². The Morgan fingerprint density at radius 1 is 1.34 bits per heavy atom. The number of carbonyl (C=O) groups is 1. The number of fused-ring (bicyclic) bond motifs is 2. The SMILES string of the molecule is COCC(C)C(=O)N(C)c1ccc2cc(-c3n[nH]c4c3CCC(C)(C)C4)[nH]c2c1. The van der Waals surface area contributed by atoms with Gasteiger partial charge in [-0.15, -0.1) is 0 Å². The quantitative estimate of drug-likeness (QED) is 0.677. The molecule has 3 aromatic rings. The molecule has 1 amide bonds. The molecule has 0 saturated heterocycles. The second-order valence-corrected chi connectivity index (χ2v) is 9.08. The van der Waals surface area contributed by atoms with Crippen LogP contribution in [0.15, 0.2) is 24.3 Å². The molecule has 1 atom stereocenters. The van der Waals surface area contributed by atoms with Crippen LogP contribution in [0.3, 0.4) is 0 Å². The van der Waals surface area contributed by atoms with E-state index in [-0.39, 0.29) is 11.8 Å². The van der Waals surface area contributed by atoms with Gasteiger partial charge in [0.1, 0.15) is 5.69 Å². The van der Waals surface area contributed by atoms with E-state index >= 15 is 0 Å². The summed E-state index contributed by atoms with van der Waals surface area (Å²) in [4.78, 5) is 17.8. The number of methoxy groups -OCH3 is 1. The summed E-state index contributed by atoms with van der Waals surface area (Å²) in [6.45, 7) is 6.92. The zero-order valence-corrected chi connectivity index (χ0v) is 17.9. The first-order valence-electron chi connectivity index (χ1n) is 10.2. The minimum Gasteiger partial charge on any atom is -0.384 e. The first-order chi connectivity index (χ1) is 13.8. The van der Waals surface area contributed by atoms with Crippen LogP contribution < -0.4 is 4.90 Å². The minimum atomic E-state index is -0.181. The van der Waals surface area contributed by atoms with Gasteiger partial charge in [-0.25, -0.2) is 0 Å². The van der Waals surface area contributed by atoms with Gasteiger partial charge in [-0.3, -0.25) is 9.89 Å². The van der Waals surface area contributed by atoms with Crippen molar-refractivity contribution >= 4 is 22.5 Å². The van der Waals surface area contributed by atoms with E-state index < -0.39 is 0 Å². The lowest BCUT2D eigenvalue weighted by Crippen LogP contribution is -2.33. The van der Waals surface area contributed by atoms with Gasteiger partial charge in [0, 0.05) is 42.0 Å². The van der Waals surface area contributed by atoms with Crippen LogP contribution in [-0.4, -0.2) is 41.9 Å². The highest BCUT2D eigenvalue weighted by molar-refractivity contribution is 5.97. The zero-order chi connectivity index (χ0) is 20.8. The molecule has 6 nitrogen and oxygen atoms in total. The molecule has 154 valence electrons. The Hall–Kier alpha value is -2.60. The Morgan fingerprint density at radius 2 is 2.14 bits per heavy atom. The lowest BCUT2D eigenvalue weighted by Gasteiger charge is -2.28.